The fourth-order valence-corrected chi connectivity index (χ4v) is 5.33. The van der Waals surface area contributed by atoms with Crippen LogP contribution in [0.4, 0.5) is 0 Å². The molecule has 30 heavy (non-hydrogen) atoms. The quantitative estimate of drug-likeness (QED) is 0.403. The molecular formula is C25H25N3OS. The van der Waals surface area contributed by atoms with Gasteiger partial charge >= 0.3 is 0 Å². The van der Waals surface area contributed by atoms with Crippen LogP contribution in [-0.2, 0) is 13.1 Å². The van der Waals surface area contributed by atoms with E-state index in [1.807, 2.05) is 18.2 Å². The molecule has 0 unspecified atom stereocenters. The number of amides is 1. The van der Waals surface area contributed by atoms with Gasteiger partial charge in [0.2, 0.25) is 0 Å². The largest absolute Gasteiger partial charge is 0.331 e. The molecule has 0 spiro atoms. The maximum Gasteiger partial charge on any atom is 0.271 e. The number of fused-ring (bicyclic) bond motifs is 1. The van der Waals surface area contributed by atoms with E-state index in [2.05, 4.69) is 56.2 Å². The summed E-state index contributed by atoms with van der Waals surface area (Å²) < 4.78 is 3.36. The van der Waals surface area contributed by atoms with Crippen molar-refractivity contribution in [1.82, 2.24) is 14.5 Å². The zero-order valence-corrected chi connectivity index (χ0v) is 17.7. The molecule has 1 aliphatic rings. The molecule has 152 valence electrons. The third kappa shape index (κ3) is 3.77. The van der Waals surface area contributed by atoms with E-state index in [9.17, 15) is 4.79 Å². The Morgan fingerprint density at radius 3 is 2.57 bits per heavy atom. The van der Waals surface area contributed by atoms with Crippen LogP contribution in [0.2, 0.25) is 0 Å². The Balaban J connectivity index is 1.52. The summed E-state index contributed by atoms with van der Waals surface area (Å²) in [6, 6.07) is 18.9. The fraction of sp³-hybridized carbons (Fsp3) is 0.280. The third-order valence-electron chi connectivity index (χ3n) is 6.05. The summed E-state index contributed by atoms with van der Waals surface area (Å²) in [6.07, 6.45) is 8.19. The highest BCUT2D eigenvalue weighted by molar-refractivity contribution is 7.17. The molecule has 1 saturated carbocycles. The topological polar surface area (TPSA) is 38.1 Å². The second-order valence-electron chi connectivity index (χ2n) is 8.00. The lowest BCUT2D eigenvalue weighted by Gasteiger charge is -2.29. The first-order chi connectivity index (χ1) is 14.8. The third-order valence-corrected chi connectivity index (χ3v) is 6.91. The SMILES string of the molecule is O=C(c1cc2sccc2n1Cc1ccccc1)N(Cc1ccncc1)C1CCCC1. The van der Waals surface area contributed by atoms with Gasteiger partial charge in [0.15, 0.2) is 0 Å². The van der Waals surface area contributed by atoms with Gasteiger partial charge in [0.25, 0.3) is 5.91 Å². The maximum atomic E-state index is 13.9. The average Bonchev–Trinajstić information content (AvgIpc) is 3.52. The molecule has 5 rings (SSSR count). The molecule has 4 aromatic rings. The number of rotatable bonds is 6. The summed E-state index contributed by atoms with van der Waals surface area (Å²) in [5, 5.41) is 2.10. The fourth-order valence-electron chi connectivity index (χ4n) is 4.51. The van der Waals surface area contributed by atoms with Crippen molar-refractivity contribution in [2.24, 2.45) is 0 Å². The molecule has 1 aromatic carbocycles. The molecule has 4 nitrogen and oxygen atoms in total. The molecule has 1 aliphatic carbocycles. The van der Waals surface area contributed by atoms with E-state index in [-0.39, 0.29) is 5.91 Å². The summed E-state index contributed by atoms with van der Waals surface area (Å²) >= 11 is 1.70. The summed E-state index contributed by atoms with van der Waals surface area (Å²) in [7, 11) is 0. The summed E-state index contributed by atoms with van der Waals surface area (Å²) in [5.41, 5.74) is 4.27. The minimum absolute atomic E-state index is 0.137. The Bertz CT molecular complexity index is 1130. The van der Waals surface area contributed by atoms with Gasteiger partial charge in [0, 0.05) is 31.5 Å². The van der Waals surface area contributed by atoms with E-state index in [1.54, 1.807) is 23.7 Å². The van der Waals surface area contributed by atoms with Crippen molar-refractivity contribution >= 4 is 27.5 Å². The smallest absolute Gasteiger partial charge is 0.271 e. The van der Waals surface area contributed by atoms with Crippen molar-refractivity contribution < 1.29 is 4.79 Å². The average molecular weight is 416 g/mol. The normalized spacial score (nSPS) is 14.4. The predicted molar refractivity (Wildman–Crippen MR) is 122 cm³/mol. The number of aromatic nitrogens is 2. The number of hydrogen-bond donors (Lipinski definition) is 0. The molecule has 0 atom stereocenters. The first-order valence-electron chi connectivity index (χ1n) is 10.6. The first kappa shape index (κ1) is 19.1. The Labute approximate surface area is 180 Å². The van der Waals surface area contributed by atoms with Crippen LogP contribution >= 0.6 is 11.3 Å². The number of nitrogens with zero attached hydrogens (tertiary/aromatic N) is 3. The van der Waals surface area contributed by atoms with E-state index in [1.165, 1.54) is 23.1 Å². The van der Waals surface area contributed by atoms with E-state index < -0.39 is 0 Å². The maximum absolute atomic E-state index is 13.9. The van der Waals surface area contributed by atoms with Gasteiger partial charge in [-0.05, 0) is 53.6 Å². The molecule has 1 amide bonds. The van der Waals surface area contributed by atoms with Gasteiger partial charge in [0.05, 0.1) is 10.2 Å². The van der Waals surface area contributed by atoms with Crippen molar-refractivity contribution in [2.75, 3.05) is 0 Å². The molecule has 0 aliphatic heterocycles. The van der Waals surface area contributed by atoms with Crippen LogP contribution in [0.15, 0.2) is 72.4 Å². The number of hydrogen-bond acceptors (Lipinski definition) is 3. The van der Waals surface area contributed by atoms with E-state index in [0.717, 1.165) is 29.6 Å². The number of carbonyl (C=O) groups is 1. The predicted octanol–water partition coefficient (Wildman–Crippen LogP) is 5.73. The monoisotopic (exact) mass is 415 g/mol. The molecule has 5 heteroatoms. The van der Waals surface area contributed by atoms with Crippen LogP contribution in [0, 0.1) is 0 Å². The Morgan fingerprint density at radius 1 is 1.03 bits per heavy atom. The standard InChI is InChI=1S/C25H25N3OS/c29-25(27(21-8-4-5-9-21)17-20-10-13-26-14-11-20)23-16-24-22(12-15-30-24)28(23)18-19-6-2-1-3-7-19/h1-3,6-7,10-16,21H,4-5,8-9,17-18H2. The van der Waals surface area contributed by atoms with Crippen LogP contribution in [0.3, 0.4) is 0 Å². The van der Waals surface area contributed by atoms with Gasteiger partial charge < -0.3 is 9.47 Å². The molecule has 0 saturated heterocycles. The second-order valence-corrected chi connectivity index (χ2v) is 8.95. The lowest BCUT2D eigenvalue weighted by Crippen LogP contribution is -2.39. The summed E-state index contributed by atoms with van der Waals surface area (Å²) in [4.78, 5) is 20.1. The van der Waals surface area contributed by atoms with Crippen molar-refractivity contribution in [3.8, 4) is 0 Å². The molecule has 0 N–H and O–H groups in total. The van der Waals surface area contributed by atoms with Gasteiger partial charge in [-0.3, -0.25) is 9.78 Å². The molecule has 0 bridgehead atoms. The number of pyridine rings is 1. The summed E-state index contributed by atoms with van der Waals surface area (Å²) in [6.45, 7) is 1.34. The van der Waals surface area contributed by atoms with Crippen LogP contribution in [-0.4, -0.2) is 26.4 Å². The minimum Gasteiger partial charge on any atom is -0.331 e. The van der Waals surface area contributed by atoms with Gasteiger partial charge in [-0.25, -0.2) is 0 Å². The second kappa shape index (κ2) is 8.44. The molecule has 0 radical (unpaired) electrons. The number of thiophene rings is 1. The van der Waals surface area contributed by atoms with Gasteiger partial charge in [-0.1, -0.05) is 43.2 Å². The van der Waals surface area contributed by atoms with Crippen molar-refractivity contribution in [3.05, 3.63) is 89.2 Å². The molecule has 3 aromatic heterocycles. The molecule has 3 heterocycles. The van der Waals surface area contributed by atoms with Gasteiger partial charge in [0.1, 0.15) is 5.69 Å². The van der Waals surface area contributed by atoms with Crippen molar-refractivity contribution in [3.63, 3.8) is 0 Å². The van der Waals surface area contributed by atoms with Gasteiger partial charge in [-0.2, -0.15) is 0 Å². The van der Waals surface area contributed by atoms with Crippen molar-refractivity contribution in [1.29, 1.82) is 0 Å². The Kier molecular flexibility index (Phi) is 5.37. The lowest BCUT2D eigenvalue weighted by molar-refractivity contribution is 0.0654. The van der Waals surface area contributed by atoms with Crippen molar-refractivity contribution in [2.45, 2.75) is 44.8 Å². The number of benzene rings is 1. The first-order valence-corrected chi connectivity index (χ1v) is 11.5. The highest BCUT2D eigenvalue weighted by atomic mass is 32.1. The van der Waals surface area contributed by atoms with Crippen LogP contribution in [0.1, 0.15) is 47.3 Å². The van der Waals surface area contributed by atoms with Crippen LogP contribution < -0.4 is 0 Å². The van der Waals surface area contributed by atoms with E-state index in [4.69, 9.17) is 0 Å². The Hall–Kier alpha value is -2.92. The minimum atomic E-state index is 0.137. The molecular weight excluding hydrogens is 390 g/mol. The lowest BCUT2D eigenvalue weighted by atomic mass is 10.1. The number of carbonyl (C=O) groups excluding carboxylic acids is 1. The van der Waals surface area contributed by atoms with Gasteiger partial charge in [-0.15, -0.1) is 11.3 Å². The summed E-state index contributed by atoms with van der Waals surface area (Å²) in [5.74, 6) is 0.137. The highest BCUT2D eigenvalue weighted by Gasteiger charge is 2.30. The van der Waals surface area contributed by atoms with Crippen LogP contribution in [0.5, 0.6) is 0 Å². The van der Waals surface area contributed by atoms with E-state index in [0.29, 0.717) is 19.1 Å². The van der Waals surface area contributed by atoms with Crippen LogP contribution in [0.25, 0.3) is 10.2 Å². The zero-order chi connectivity index (χ0) is 20.3. The molecule has 1 fully saturated rings. The zero-order valence-electron chi connectivity index (χ0n) is 16.9. The highest BCUT2D eigenvalue weighted by Crippen LogP contribution is 2.30. The Morgan fingerprint density at radius 2 is 1.80 bits per heavy atom. The van der Waals surface area contributed by atoms with E-state index >= 15 is 0 Å².